The zero-order valence-corrected chi connectivity index (χ0v) is 9.15. The van der Waals surface area contributed by atoms with E-state index < -0.39 is 0 Å². The van der Waals surface area contributed by atoms with Gasteiger partial charge in [-0.1, -0.05) is 19.1 Å². The van der Waals surface area contributed by atoms with Crippen molar-refractivity contribution >= 4 is 0 Å². The molecule has 82 valence electrons. The molecule has 2 unspecified atom stereocenters. The minimum atomic E-state index is -0.163. The molecule has 1 fully saturated rings. The van der Waals surface area contributed by atoms with Crippen LogP contribution in [-0.4, -0.2) is 17.3 Å². The van der Waals surface area contributed by atoms with E-state index in [0.29, 0.717) is 0 Å². The van der Waals surface area contributed by atoms with E-state index in [-0.39, 0.29) is 12.2 Å². The summed E-state index contributed by atoms with van der Waals surface area (Å²) in [6.07, 6.45) is 3.69. The second-order valence-corrected chi connectivity index (χ2v) is 4.21. The quantitative estimate of drug-likeness (QED) is 0.823. The van der Waals surface area contributed by atoms with Crippen LogP contribution < -0.4 is 4.74 Å². The van der Waals surface area contributed by atoms with Gasteiger partial charge in [0.2, 0.25) is 0 Å². The molecule has 1 N–H and O–H groups in total. The Kier molecular flexibility index (Phi) is 3.27. The zero-order chi connectivity index (χ0) is 10.7. The molecule has 0 saturated heterocycles. The van der Waals surface area contributed by atoms with E-state index in [1.54, 1.807) is 0 Å². The minimum Gasteiger partial charge on any atom is -0.490 e. The number of hydrogen-bond donors (Lipinski definition) is 1. The monoisotopic (exact) mass is 206 g/mol. The highest BCUT2D eigenvalue weighted by Crippen LogP contribution is 2.25. The zero-order valence-electron chi connectivity index (χ0n) is 9.15. The molecule has 1 aromatic carbocycles. The van der Waals surface area contributed by atoms with Gasteiger partial charge < -0.3 is 9.84 Å². The first kappa shape index (κ1) is 10.5. The fourth-order valence-corrected chi connectivity index (χ4v) is 2.06. The Morgan fingerprint density at radius 3 is 2.93 bits per heavy atom. The number of ether oxygens (including phenoxy) is 1. The summed E-state index contributed by atoms with van der Waals surface area (Å²) in [4.78, 5) is 0. The fraction of sp³-hybridized carbons (Fsp3) is 0.538. The lowest BCUT2D eigenvalue weighted by molar-refractivity contribution is 0.149. The van der Waals surface area contributed by atoms with Crippen LogP contribution in [0.4, 0.5) is 0 Å². The Morgan fingerprint density at radius 1 is 1.40 bits per heavy atom. The van der Waals surface area contributed by atoms with Crippen molar-refractivity contribution in [1.82, 2.24) is 0 Å². The van der Waals surface area contributed by atoms with Crippen LogP contribution in [0.1, 0.15) is 31.7 Å². The average Bonchev–Trinajstić information content (AvgIpc) is 2.64. The van der Waals surface area contributed by atoms with Crippen LogP contribution in [0.2, 0.25) is 0 Å². The molecule has 1 aromatic rings. The Bertz CT molecular complexity index is 322. The standard InChI is InChI=1S/C13H18O2/c1-2-10-4-3-5-12(8-10)15-13-7-6-11(14)9-13/h3-5,8,11,13-14H,2,6-7,9H2,1H3. The summed E-state index contributed by atoms with van der Waals surface area (Å²) in [5.41, 5.74) is 1.30. The molecule has 0 spiro atoms. The predicted molar refractivity (Wildman–Crippen MR) is 60.1 cm³/mol. The lowest BCUT2D eigenvalue weighted by atomic mass is 10.1. The highest BCUT2D eigenvalue weighted by atomic mass is 16.5. The van der Waals surface area contributed by atoms with Gasteiger partial charge in [0, 0.05) is 6.42 Å². The van der Waals surface area contributed by atoms with Gasteiger partial charge in [-0.2, -0.15) is 0 Å². The number of aliphatic hydroxyl groups is 1. The minimum absolute atomic E-state index is 0.163. The van der Waals surface area contributed by atoms with Crippen LogP contribution in [0.5, 0.6) is 5.75 Å². The Balaban J connectivity index is 1.98. The summed E-state index contributed by atoms with van der Waals surface area (Å²) in [6.45, 7) is 2.14. The fourth-order valence-electron chi connectivity index (χ4n) is 2.06. The van der Waals surface area contributed by atoms with Gasteiger partial charge in [0.05, 0.1) is 6.10 Å². The van der Waals surface area contributed by atoms with Gasteiger partial charge in [-0.3, -0.25) is 0 Å². The molecule has 2 nitrogen and oxygen atoms in total. The van der Waals surface area contributed by atoms with E-state index in [0.717, 1.165) is 31.4 Å². The third-order valence-electron chi connectivity index (χ3n) is 2.97. The van der Waals surface area contributed by atoms with Crippen molar-refractivity contribution in [1.29, 1.82) is 0 Å². The largest absolute Gasteiger partial charge is 0.490 e. The van der Waals surface area contributed by atoms with Gasteiger partial charge in [0.15, 0.2) is 0 Å². The molecule has 1 saturated carbocycles. The smallest absolute Gasteiger partial charge is 0.119 e. The van der Waals surface area contributed by atoms with Gasteiger partial charge in [-0.15, -0.1) is 0 Å². The average molecular weight is 206 g/mol. The molecule has 1 aliphatic rings. The van der Waals surface area contributed by atoms with Gasteiger partial charge in [-0.25, -0.2) is 0 Å². The molecule has 0 amide bonds. The van der Waals surface area contributed by atoms with Gasteiger partial charge in [-0.05, 0) is 37.0 Å². The number of aryl methyl sites for hydroxylation is 1. The first-order valence-corrected chi connectivity index (χ1v) is 5.71. The molecule has 2 atom stereocenters. The van der Waals surface area contributed by atoms with Crippen LogP contribution in [0.25, 0.3) is 0 Å². The molecule has 0 bridgehead atoms. The maximum atomic E-state index is 9.40. The van der Waals surface area contributed by atoms with Gasteiger partial charge >= 0.3 is 0 Å². The van der Waals surface area contributed by atoms with E-state index in [4.69, 9.17) is 4.74 Å². The second kappa shape index (κ2) is 4.67. The maximum absolute atomic E-state index is 9.40. The molecule has 0 heterocycles. The van der Waals surface area contributed by atoms with Crippen LogP contribution >= 0.6 is 0 Å². The van der Waals surface area contributed by atoms with Crippen molar-refractivity contribution in [3.63, 3.8) is 0 Å². The lowest BCUT2D eigenvalue weighted by Gasteiger charge is -2.13. The normalized spacial score (nSPS) is 25.5. The van der Waals surface area contributed by atoms with Crippen LogP contribution in [0.15, 0.2) is 24.3 Å². The molecule has 15 heavy (non-hydrogen) atoms. The van der Waals surface area contributed by atoms with Crippen molar-refractivity contribution in [2.75, 3.05) is 0 Å². The Hall–Kier alpha value is -1.02. The van der Waals surface area contributed by atoms with Gasteiger partial charge in [0.1, 0.15) is 11.9 Å². The van der Waals surface area contributed by atoms with E-state index in [9.17, 15) is 5.11 Å². The third-order valence-corrected chi connectivity index (χ3v) is 2.97. The Labute approximate surface area is 90.9 Å². The summed E-state index contributed by atoms with van der Waals surface area (Å²) >= 11 is 0. The highest BCUT2D eigenvalue weighted by Gasteiger charge is 2.24. The highest BCUT2D eigenvalue weighted by molar-refractivity contribution is 5.28. The van der Waals surface area contributed by atoms with Crippen LogP contribution in [0.3, 0.4) is 0 Å². The molecular formula is C13H18O2. The number of aliphatic hydroxyl groups excluding tert-OH is 1. The molecule has 1 aliphatic carbocycles. The van der Waals surface area contributed by atoms with Crippen molar-refractivity contribution in [3.05, 3.63) is 29.8 Å². The Morgan fingerprint density at radius 2 is 2.27 bits per heavy atom. The number of rotatable bonds is 3. The summed E-state index contributed by atoms with van der Waals surface area (Å²) in [5, 5.41) is 9.40. The van der Waals surface area contributed by atoms with E-state index in [1.807, 2.05) is 12.1 Å². The lowest BCUT2D eigenvalue weighted by Crippen LogP contribution is -2.13. The topological polar surface area (TPSA) is 29.5 Å². The van der Waals surface area contributed by atoms with Gasteiger partial charge in [0.25, 0.3) is 0 Å². The summed E-state index contributed by atoms with van der Waals surface area (Å²) in [6, 6.07) is 8.21. The summed E-state index contributed by atoms with van der Waals surface area (Å²) < 4.78 is 5.83. The number of benzene rings is 1. The molecule has 0 radical (unpaired) electrons. The van der Waals surface area contributed by atoms with Crippen LogP contribution in [0, 0.1) is 0 Å². The molecule has 2 rings (SSSR count). The van der Waals surface area contributed by atoms with Crippen molar-refractivity contribution in [3.8, 4) is 5.75 Å². The van der Waals surface area contributed by atoms with E-state index in [1.165, 1.54) is 5.56 Å². The third kappa shape index (κ3) is 2.72. The van der Waals surface area contributed by atoms with Crippen molar-refractivity contribution < 1.29 is 9.84 Å². The predicted octanol–water partition coefficient (Wildman–Crippen LogP) is 2.54. The molecule has 2 heteroatoms. The molecular weight excluding hydrogens is 188 g/mol. The van der Waals surface area contributed by atoms with Crippen LogP contribution in [-0.2, 0) is 6.42 Å². The van der Waals surface area contributed by atoms with Crippen molar-refractivity contribution in [2.45, 2.75) is 44.8 Å². The maximum Gasteiger partial charge on any atom is 0.119 e. The first-order valence-electron chi connectivity index (χ1n) is 5.71. The number of hydrogen-bond acceptors (Lipinski definition) is 2. The first-order chi connectivity index (χ1) is 7.28. The second-order valence-electron chi connectivity index (χ2n) is 4.21. The molecule has 0 aliphatic heterocycles. The molecule has 0 aromatic heterocycles. The van der Waals surface area contributed by atoms with E-state index in [2.05, 4.69) is 19.1 Å². The summed E-state index contributed by atoms with van der Waals surface area (Å²) in [5.74, 6) is 0.938. The SMILES string of the molecule is CCc1cccc(OC2CCC(O)C2)c1. The van der Waals surface area contributed by atoms with Crippen molar-refractivity contribution in [2.24, 2.45) is 0 Å². The summed E-state index contributed by atoms with van der Waals surface area (Å²) in [7, 11) is 0. The van der Waals surface area contributed by atoms with E-state index >= 15 is 0 Å².